The number of nitro groups is 1. The number of benzene rings is 3. The van der Waals surface area contributed by atoms with Crippen molar-refractivity contribution in [2.75, 3.05) is 12.4 Å². The van der Waals surface area contributed by atoms with Crippen molar-refractivity contribution < 1.29 is 32.7 Å². The fourth-order valence-corrected chi connectivity index (χ4v) is 3.19. The first-order valence-corrected chi connectivity index (χ1v) is 10.3. The summed E-state index contributed by atoms with van der Waals surface area (Å²) in [5.41, 5.74) is 0.848. The van der Waals surface area contributed by atoms with Gasteiger partial charge in [0.25, 0.3) is 11.6 Å². The Hall–Kier alpha value is -5.00. The van der Waals surface area contributed by atoms with Crippen LogP contribution in [0.2, 0.25) is 0 Å². The molecule has 0 bridgehead atoms. The van der Waals surface area contributed by atoms with Gasteiger partial charge in [0.2, 0.25) is 0 Å². The van der Waals surface area contributed by atoms with Crippen molar-refractivity contribution in [3.8, 4) is 34.3 Å². The fraction of sp³-hybridized carbons (Fsp3) is 0.0833. The standard InChI is InChI=1S/C24H18F2N4O6/c1-34-17-6-8-18(9-7-17)35-20-11-15(10-16(12-20)30(32)33)27-23(31)22-13-21(28-29-22)14-2-4-19(5-3-14)36-24(25)26/h2-13,24H,1H3,(H,27,31)(H,28,29). The Bertz CT molecular complexity index is 1370. The number of methoxy groups -OCH3 is 1. The molecule has 0 fully saturated rings. The molecular weight excluding hydrogens is 478 g/mol. The highest BCUT2D eigenvalue weighted by Crippen LogP contribution is 2.31. The monoisotopic (exact) mass is 496 g/mol. The molecule has 0 saturated carbocycles. The quantitative estimate of drug-likeness (QED) is 0.227. The smallest absolute Gasteiger partial charge is 0.387 e. The van der Waals surface area contributed by atoms with Crippen molar-refractivity contribution in [2.24, 2.45) is 0 Å². The minimum absolute atomic E-state index is 0.0133. The van der Waals surface area contributed by atoms with Gasteiger partial charge in [-0.05, 0) is 54.6 Å². The molecule has 0 saturated heterocycles. The minimum Gasteiger partial charge on any atom is -0.497 e. The molecule has 0 aliphatic carbocycles. The molecule has 2 N–H and O–H groups in total. The number of non-ortho nitro benzene ring substituents is 1. The van der Waals surface area contributed by atoms with Gasteiger partial charge >= 0.3 is 6.61 Å². The number of nitro benzene ring substituents is 1. The van der Waals surface area contributed by atoms with E-state index in [2.05, 4.69) is 20.3 Å². The number of nitrogens with one attached hydrogen (secondary N) is 2. The van der Waals surface area contributed by atoms with Crippen LogP contribution in [0.5, 0.6) is 23.0 Å². The average molecular weight is 496 g/mol. The lowest BCUT2D eigenvalue weighted by molar-refractivity contribution is -0.384. The molecule has 10 nitrogen and oxygen atoms in total. The van der Waals surface area contributed by atoms with Crippen molar-refractivity contribution in [1.82, 2.24) is 10.2 Å². The number of H-pyrrole nitrogens is 1. The second-order valence-corrected chi connectivity index (χ2v) is 7.27. The molecule has 184 valence electrons. The molecule has 12 heteroatoms. The number of hydrogen-bond donors (Lipinski definition) is 2. The normalized spacial score (nSPS) is 10.7. The van der Waals surface area contributed by atoms with E-state index >= 15 is 0 Å². The molecule has 0 unspecified atom stereocenters. The second kappa shape index (κ2) is 10.5. The van der Waals surface area contributed by atoms with Crippen molar-refractivity contribution in [2.45, 2.75) is 6.61 Å². The van der Waals surface area contributed by atoms with Gasteiger partial charge in [0.1, 0.15) is 28.7 Å². The van der Waals surface area contributed by atoms with Gasteiger partial charge in [-0.15, -0.1) is 0 Å². The van der Waals surface area contributed by atoms with Crippen molar-refractivity contribution >= 4 is 17.3 Å². The zero-order chi connectivity index (χ0) is 25.7. The summed E-state index contributed by atoms with van der Waals surface area (Å²) in [6.07, 6.45) is 0. The van der Waals surface area contributed by atoms with Crippen molar-refractivity contribution in [3.63, 3.8) is 0 Å². The van der Waals surface area contributed by atoms with Crippen LogP contribution in [0.3, 0.4) is 0 Å². The molecule has 36 heavy (non-hydrogen) atoms. The number of carbonyl (C=O) groups is 1. The Kier molecular flexibility index (Phi) is 7.04. The molecule has 0 spiro atoms. The largest absolute Gasteiger partial charge is 0.497 e. The van der Waals surface area contributed by atoms with Gasteiger partial charge in [-0.25, -0.2) is 0 Å². The van der Waals surface area contributed by atoms with Crippen LogP contribution in [0, 0.1) is 10.1 Å². The fourth-order valence-electron chi connectivity index (χ4n) is 3.19. The van der Waals surface area contributed by atoms with Gasteiger partial charge in [0.15, 0.2) is 0 Å². The first-order chi connectivity index (χ1) is 17.3. The van der Waals surface area contributed by atoms with Crippen LogP contribution in [0.4, 0.5) is 20.2 Å². The van der Waals surface area contributed by atoms with Crippen LogP contribution < -0.4 is 19.5 Å². The number of nitrogens with zero attached hydrogens (tertiary/aromatic N) is 2. The highest BCUT2D eigenvalue weighted by molar-refractivity contribution is 6.03. The summed E-state index contributed by atoms with van der Waals surface area (Å²) in [5, 5.41) is 20.6. The molecule has 1 aromatic heterocycles. The second-order valence-electron chi connectivity index (χ2n) is 7.27. The molecule has 3 aromatic carbocycles. The maximum atomic E-state index is 12.7. The van der Waals surface area contributed by atoms with Gasteiger partial charge in [-0.1, -0.05) is 0 Å². The average Bonchev–Trinajstić information content (AvgIpc) is 3.35. The van der Waals surface area contributed by atoms with Gasteiger partial charge in [0.05, 0.1) is 29.5 Å². The summed E-state index contributed by atoms with van der Waals surface area (Å²) in [5.74, 6) is 0.548. The Labute approximate surface area is 202 Å². The van der Waals surface area contributed by atoms with Crippen molar-refractivity contribution in [1.29, 1.82) is 0 Å². The maximum absolute atomic E-state index is 12.7. The molecule has 0 radical (unpaired) electrons. The van der Waals surface area contributed by atoms with E-state index in [1.807, 2.05) is 0 Å². The third-order valence-electron chi connectivity index (χ3n) is 4.85. The van der Waals surface area contributed by atoms with Gasteiger partial charge in [0, 0.05) is 17.7 Å². The lowest BCUT2D eigenvalue weighted by Gasteiger charge is -2.09. The number of aromatic amines is 1. The zero-order valence-corrected chi connectivity index (χ0v) is 18.6. The molecule has 1 heterocycles. The first kappa shape index (κ1) is 24.1. The Balaban J connectivity index is 1.50. The molecule has 4 rings (SSSR count). The Morgan fingerprint density at radius 1 is 0.972 bits per heavy atom. The summed E-state index contributed by atoms with van der Waals surface area (Å²) >= 11 is 0. The van der Waals surface area contributed by atoms with E-state index in [4.69, 9.17) is 9.47 Å². The minimum atomic E-state index is -2.94. The van der Waals surface area contributed by atoms with E-state index in [0.717, 1.165) is 0 Å². The first-order valence-electron chi connectivity index (χ1n) is 10.3. The number of hydrogen-bond acceptors (Lipinski definition) is 7. The van der Waals surface area contributed by atoms with Crippen LogP contribution in [0.1, 0.15) is 10.5 Å². The van der Waals surface area contributed by atoms with Gasteiger partial charge in [-0.2, -0.15) is 13.9 Å². The SMILES string of the molecule is COc1ccc(Oc2cc(NC(=O)c3cc(-c4ccc(OC(F)F)cc4)n[nH]3)cc([N+](=O)[O-])c2)cc1. The number of amides is 1. The summed E-state index contributed by atoms with van der Waals surface area (Å²) in [6.45, 7) is -2.94. The summed E-state index contributed by atoms with van der Waals surface area (Å²) < 4.78 is 39.7. The van der Waals surface area contributed by atoms with E-state index < -0.39 is 17.4 Å². The number of alkyl halides is 2. The van der Waals surface area contributed by atoms with Crippen molar-refractivity contribution in [3.05, 3.63) is 88.6 Å². The Morgan fingerprint density at radius 2 is 1.64 bits per heavy atom. The van der Waals surface area contributed by atoms with Crippen LogP contribution in [0.15, 0.2) is 72.8 Å². The number of halogens is 2. The number of aromatic nitrogens is 2. The van der Waals surface area contributed by atoms with E-state index in [1.54, 1.807) is 24.3 Å². The van der Waals surface area contributed by atoms with Gasteiger partial charge < -0.3 is 19.5 Å². The molecule has 4 aromatic rings. The topological polar surface area (TPSA) is 129 Å². The van der Waals surface area contributed by atoms with E-state index in [0.29, 0.717) is 22.8 Å². The van der Waals surface area contributed by atoms with Crippen LogP contribution in [-0.2, 0) is 0 Å². The molecule has 1 amide bonds. The van der Waals surface area contributed by atoms with Crippen LogP contribution in [-0.4, -0.2) is 34.7 Å². The third kappa shape index (κ3) is 5.91. The predicted octanol–water partition coefficient (Wildman–Crippen LogP) is 5.64. The lowest BCUT2D eigenvalue weighted by atomic mass is 10.1. The molecular formula is C24H18F2N4O6. The maximum Gasteiger partial charge on any atom is 0.387 e. The number of anilines is 1. The highest BCUT2D eigenvalue weighted by atomic mass is 19.3. The lowest BCUT2D eigenvalue weighted by Crippen LogP contribution is -2.12. The third-order valence-corrected chi connectivity index (χ3v) is 4.85. The van der Waals surface area contributed by atoms with Crippen LogP contribution >= 0.6 is 0 Å². The number of ether oxygens (including phenoxy) is 3. The molecule has 0 aliphatic rings. The summed E-state index contributed by atoms with van der Waals surface area (Å²) in [4.78, 5) is 23.5. The zero-order valence-electron chi connectivity index (χ0n) is 18.6. The van der Waals surface area contributed by atoms with E-state index in [1.165, 1.54) is 55.6 Å². The summed E-state index contributed by atoms with van der Waals surface area (Å²) in [6, 6.07) is 17.6. The van der Waals surface area contributed by atoms with E-state index in [9.17, 15) is 23.7 Å². The predicted molar refractivity (Wildman–Crippen MR) is 125 cm³/mol. The molecule has 0 atom stereocenters. The number of rotatable bonds is 9. The highest BCUT2D eigenvalue weighted by Gasteiger charge is 2.16. The van der Waals surface area contributed by atoms with Gasteiger partial charge in [-0.3, -0.25) is 20.0 Å². The van der Waals surface area contributed by atoms with E-state index in [-0.39, 0.29) is 28.6 Å². The van der Waals surface area contributed by atoms with Crippen LogP contribution in [0.25, 0.3) is 11.3 Å². The molecule has 0 aliphatic heterocycles. The Morgan fingerprint density at radius 3 is 2.28 bits per heavy atom. The summed E-state index contributed by atoms with van der Waals surface area (Å²) in [7, 11) is 1.52. The number of carbonyl (C=O) groups excluding carboxylic acids is 1.